The molecule has 0 radical (unpaired) electrons. The number of nitrogens with two attached hydrogens (primary N) is 1. The molecule has 2 N–H and O–H groups in total. The van der Waals surface area contributed by atoms with Gasteiger partial charge in [-0.25, -0.2) is 0 Å². The van der Waals surface area contributed by atoms with Gasteiger partial charge in [0.15, 0.2) is 0 Å². The smallest absolute Gasteiger partial charge is 0.221 e. The van der Waals surface area contributed by atoms with Crippen molar-refractivity contribution in [3.8, 4) is 0 Å². The Morgan fingerprint density at radius 1 is 1.27 bits per heavy atom. The molecule has 2 nitrogen and oxygen atoms in total. The molecule has 1 aliphatic rings. The van der Waals surface area contributed by atoms with Crippen LogP contribution in [0.5, 0.6) is 0 Å². The van der Waals surface area contributed by atoms with Crippen molar-refractivity contribution < 1.29 is 4.79 Å². The van der Waals surface area contributed by atoms with Gasteiger partial charge >= 0.3 is 0 Å². The summed E-state index contributed by atoms with van der Waals surface area (Å²) in [5.41, 5.74) is 6.68. The zero-order valence-electron chi connectivity index (χ0n) is 8.45. The number of primary amides is 1. The lowest BCUT2D eigenvalue weighted by molar-refractivity contribution is -0.122. The molecule has 0 bridgehead atoms. The fourth-order valence-electron chi connectivity index (χ4n) is 2.41. The number of hydrogen-bond acceptors (Lipinski definition) is 1. The van der Waals surface area contributed by atoms with Crippen LogP contribution in [0.3, 0.4) is 0 Å². The van der Waals surface area contributed by atoms with Gasteiger partial charge in [-0.1, -0.05) is 18.6 Å². The minimum atomic E-state index is -0.143. The minimum absolute atomic E-state index is 0.0464. The highest BCUT2D eigenvalue weighted by Crippen LogP contribution is 2.39. The van der Waals surface area contributed by atoms with E-state index in [9.17, 15) is 4.79 Å². The highest BCUT2D eigenvalue weighted by Gasteiger charge is 2.32. The van der Waals surface area contributed by atoms with Crippen molar-refractivity contribution in [1.29, 1.82) is 0 Å². The van der Waals surface area contributed by atoms with Crippen LogP contribution >= 0.6 is 22.6 Å². The van der Waals surface area contributed by atoms with Gasteiger partial charge in [0.05, 0.1) is 0 Å². The van der Waals surface area contributed by atoms with E-state index in [1.807, 2.05) is 0 Å². The summed E-state index contributed by atoms with van der Waals surface area (Å²) in [5.74, 6) is 0.251. The van der Waals surface area contributed by atoms with Gasteiger partial charge < -0.3 is 5.73 Å². The van der Waals surface area contributed by atoms with Crippen molar-refractivity contribution in [2.45, 2.75) is 25.2 Å². The summed E-state index contributed by atoms with van der Waals surface area (Å²) < 4.78 is 1.23. The molecular formula is C12H14INO. The second kappa shape index (κ2) is 4.51. The maximum Gasteiger partial charge on any atom is 0.221 e. The molecule has 3 heteroatoms. The highest BCUT2D eigenvalue weighted by atomic mass is 127. The van der Waals surface area contributed by atoms with Crippen molar-refractivity contribution in [2.24, 2.45) is 11.7 Å². The van der Waals surface area contributed by atoms with Crippen molar-refractivity contribution in [3.63, 3.8) is 0 Å². The van der Waals surface area contributed by atoms with Gasteiger partial charge in [-0.3, -0.25) is 4.79 Å². The molecule has 0 unspecified atom stereocenters. The van der Waals surface area contributed by atoms with Crippen molar-refractivity contribution in [2.75, 3.05) is 0 Å². The van der Waals surface area contributed by atoms with E-state index < -0.39 is 0 Å². The number of hydrogen-bond donors (Lipinski definition) is 1. The van der Waals surface area contributed by atoms with Gasteiger partial charge in [-0.15, -0.1) is 0 Å². The second-order valence-corrected chi connectivity index (χ2v) is 5.34. The predicted octanol–water partition coefficient (Wildman–Crippen LogP) is 2.66. The van der Waals surface area contributed by atoms with E-state index in [0.717, 1.165) is 19.3 Å². The summed E-state index contributed by atoms with van der Waals surface area (Å²) in [6, 6.07) is 8.42. The molecule has 15 heavy (non-hydrogen) atoms. The van der Waals surface area contributed by atoms with E-state index in [1.54, 1.807) is 0 Å². The van der Waals surface area contributed by atoms with E-state index in [4.69, 9.17) is 5.73 Å². The largest absolute Gasteiger partial charge is 0.369 e. The lowest BCUT2D eigenvalue weighted by Gasteiger charge is -2.16. The molecule has 1 saturated carbocycles. The molecule has 80 valence electrons. The third-order valence-corrected chi connectivity index (χ3v) is 3.90. The Labute approximate surface area is 103 Å². The standard InChI is InChI=1S/C12H14INO/c13-9-6-4-8(5-7-9)10-2-1-3-11(10)12(14)15/h4-7,10-11H,1-3H2,(H2,14,15)/t10-,11+/m1/s1. The van der Waals surface area contributed by atoms with Gasteiger partial charge in [-0.2, -0.15) is 0 Å². The fourth-order valence-corrected chi connectivity index (χ4v) is 2.77. The zero-order valence-corrected chi connectivity index (χ0v) is 10.6. The van der Waals surface area contributed by atoms with Crippen LogP contribution in [0.25, 0.3) is 0 Å². The quantitative estimate of drug-likeness (QED) is 0.838. The van der Waals surface area contributed by atoms with Crippen LogP contribution in [-0.2, 0) is 4.79 Å². The summed E-state index contributed by atoms with van der Waals surface area (Å²) in [4.78, 5) is 11.3. The monoisotopic (exact) mass is 315 g/mol. The predicted molar refractivity (Wildman–Crippen MR) is 68.4 cm³/mol. The third-order valence-electron chi connectivity index (χ3n) is 3.18. The molecule has 1 fully saturated rings. The maximum atomic E-state index is 11.3. The summed E-state index contributed by atoms with van der Waals surface area (Å²) in [6.45, 7) is 0. The molecule has 0 aromatic heterocycles. The second-order valence-electron chi connectivity index (χ2n) is 4.10. The Balaban J connectivity index is 2.22. The summed E-state index contributed by atoms with van der Waals surface area (Å²) >= 11 is 2.29. The molecule has 0 saturated heterocycles. The number of benzene rings is 1. The summed E-state index contributed by atoms with van der Waals surface area (Å²) in [7, 11) is 0. The van der Waals surface area contributed by atoms with Gasteiger partial charge in [0, 0.05) is 9.49 Å². The van der Waals surface area contributed by atoms with Crippen LogP contribution in [-0.4, -0.2) is 5.91 Å². The lowest BCUT2D eigenvalue weighted by Crippen LogP contribution is -2.25. The molecule has 2 rings (SSSR count). The van der Waals surface area contributed by atoms with E-state index >= 15 is 0 Å². The normalized spacial score (nSPS) is 25.4. The van der Waals surface area contributed by atoms with Crippen LogP contribution in [0.15, 0.2) is 24.3 Å². The molecular weight excluding hydrogens is 301 g/mol. The molecule has 1 aliphatic carbocycles. The van der Waals surface area contributed by atoms with Crippen molar-refractivity contribution >= 4 is 28.5 Å². The Morgan fingerprint density at radius 2 is 1.93 bits per heavy atom. The first-order valence-corrected chi connectivity index (χ1v) is 6.31. The van der Waals surface area contributed by atoms with Crippen LogP contribution in [0.4, 0.5) is 0 Å². The average molecular weight is 315 g/mol. The molecule has 1 aromatic carbocycles. The average Bonchev–Trinajstić information content (AvgIpc) is 2.67. The van der Waals surface area contributed by atoms with Crippen molar-refractivity contribution in [3.05, 3.63) is 33.4 Å². The Morgan fingerprint density at radius 3 is 2.53 bits per heavy atom. The Kier molecular flexibility index (Phi) is 3.29. The van der Waals surface area contributed by atoms with Gasteiger partial charge in [0.2, 0.25) is 5.91 Å². The summed E-state index contributed by atoms with van der Waals surface area (Å²) in [6.07, 6.45) is 3.16. The van der Waals surface area contributed by atoms with E-state index in [2.05, 4.69) is 46.9 Å². The molecule has 1 amide bonds. The van der Waals surface area contributed by atoms with E-state index in [1.165, 1.54) is 9.13 Å². The first-order chi connectivity index (χ1) is 7.18. The number of rotatable bonds is 2. The van der Waals surface area contributed by atoms with Crippen LogP contribution in [0.2, 0.25) is 0 Å². The molecule has 0 heterocycles. The number of carbonyl (C=O) groups is 1. The lowest BCUT2D eigenvalue weighted by atomic mass is 9.88. The van der Waals surface area contributed by atoms with E-state index in [0.29, 0.717) is 5.92 Å². The van der Waals surface area contributed by atoms with Crippen LogP contribution < -0.4 is 5.73 Å². The topological polar surface area (TPSA) is 43.1 Å². The first-order valence-electron chi connectivity index (χ1n) is 5.23. The minimum Gasteiger partial charge on any atom is -0.369 e. The van der Waals surface area contributed by atoms with Crippen LogP contribution in [0.1, 0.15) is 30.7 Å². The number of amides is 1. The van der Waals surface area contributed by atoms with Gasteiger partial charge in [0.25, 0.3) is 0 Å². The number of carbonyl (C=O) groups excluding carboxylic acids is 1. The fraction of sp³-hybridized carbons (Fsp3) is 0.417. The number of halogens is 1. The molecule has 2 atom stereocenters. The molecule has 0 aliphatic heterocycles. The maximum absolute atomic E-state index is 11.3. The highest BCUT2D eigenvalue weighted by molar-refractivity contribution is 14.1. The molecule has 0 spiro atoms. The summed E-state index contributed by atoms with van der Waals surface area (Å²) in [5, 5.41) is 0. The zero-order chi connectivity index (χ0) is 10.8. The molecule has 1 aromatic rings. The SMILES string of the molecule is NC(=O)[C@H]1CCC[C@@H]1c1ccc(I)cc1. The Hall–Kier alpha value is -0.580. The van der Waals surface area contributed by atoms with Gasteiger partial charge in [0.1, 0.15) is 0 Å². The third kappa shape index (κ3) is 2.33. The van der Waals surface area contributed by atoms with Crippen LogP contribution in [0, 0.1) is 9.49 Å². The van der Waals surface area contributed by atoms with Gasteiger partial charge in [-0.05, 0) is 59.0 Å². The van der Waals surface area contributed by atoms with E-state index in [-0.39, 0.29) is 11.8 Å². The Bertz CT molecular complexity index is 360. The first kappa shape index (κ1) is 10.9. The van der Waals surface area contributed by atoms with Crippen molar-refractivity contribution in [1.82, 2.24) is 0 Å².